The van der Waals surface area contributed by atoms with Gasteiger partial charge in [-0.1, -0.05) is 6.92 Å². The summed E-state index contributed by atoms with van der Waals surface area (Å²) < 4.78 is 0. The smallest absolute Gasteiger partial charge is 0.215 e. The second kappa shape index (κ2) is 5.69. The monoisotopic (exact) mass is 226 g/mol. The van der Waals surface area contributed by atoms with Gasteiger partial charge in [-0.2, -0.15) is 4.99 Å². The van der Waals surface area contributed by atoms with E-state index < -0.39 is 0 Å². The van der Waals surface area contributed by atoms with Crippen LogP contribution in [0, 0.1) is 5.41 Å². The summed E-state index contributed by atoms with van der Waals surface area (Å²) in [5.41, 5.74) is 10.9. The molecule has 6 nitrogen and oxygen atoms in total. The molecule has 0 aliphatic carbocycles. The van der Waals surface area contributed by atoms with E-state index in [1.807, 2.05) is 11.9 Å². The van der Waals surface area contributed by atoms with Crippen molar-refractivity contribution in [1.82, 2.24) is 9.80 Å². The SMILES string of the molecule is CCN1CCC(N(C)/C(N)=N/C(=N)N)CC1. The second-order valence-electron chi connectivity index (χ2n) is 4.13. The van der Waals surface area contributed by atoms with E-state index in [0.29, 0.717) is 12.0 Å². The van der Waals surface area contributed by atoms with Gasteiger partial charge in [-0.05, 0) is 19.4 Å². The van der Waals surface area contributed by atoms with E-state index in [1.54, 1.807) is 0 Å². The predicted molar refractivity (Wildman–Crippen MR) is 66.4 cm³/mol. The fraction of sp³-hybridized carbons (Fsp3) is 0.800. The molecule has 6 heteroatoms. The normalized spacial score (nSPS) is 19.8. The molecule has 16 heavy (non-hydrogen) atoms. The minimum absolute atomic E-state index is 0.240. The first-order valence-corrected chi connectivity index (χ1v) is 5.68. The summed E-state index contributed by atoms with van der Waals surface area (Å²) in [6, 6.07) is 0.408. The van der Waals surface area contributed by atoms with Gasteiger partial charge in [-0.15, -0.1) is 0 Å². The maximum absolute atomic E-state index is 7.07. The molecule has 0 amide bonds. The Hall–Kier alpha value is -1.30. The van der Waals surface area contributed by atoms with Crippen molar-refractivity contribution in [3.63, 3.8) is 0 Å². The Balaban J connectivity index is 2.50. The van der Waals surface area contributed by atoms with Crippen LogP contribution in [0.5, 0.6) is 0 Å². The Bertz CT molecular complexity index is 266. The summed E-state index contributed by atoms with van der Waals surface area (Å²) in [4.78, 5) is 8.10. The summed E-state index contributed by atoms with van der Waals surface area (Å²) in [5.74, 6) is 0.0952. The van der Waals surface area contributed by atoms with Crippen LogP contribution in [0.15, 0.2) is 4.99 Å². The van der Waals surface area contributed by atoms with Crippen molar-refractivity contribution in [2.24, 2.45) is 16.5 Å². The standard InChI is InChI=1S/C10H22N6/c1-3-16-6-4-8(5-7-16)15(2)10(13)14-9(11)12/h8H,3-7H2,1-2H3,(H5,11,12,13,14). The van der Waals surface area contributed by atoms with Gasteiger partial charge >= 0.3 is 0 Å². The number of nitrogens with one attached hydrogen (secondary N) is 1. The molecular formula is C10H22N6. The van der Waals surface area contributed by atoms with E-state index in [0.717, 1.165) is 32.5 Å². The lowest BCUT2D eigenvalue weighted by Gasteiger charge is -2.36. The van der Waals surface area contributed by atoms with Crippen LogP contribution in [0.2, 0.25) is 0 Å². The highest BCUT2D eigenvalue weighted by atomic mass is 15.3. The van der Waals surface area contributed by atoms with Crippen LogP contribution in [-0.2, 0) is 0 Å². The quantitative estimate of drug-likeness (QED) is 0.441. The molecular weight excluding hydrogens is 204 g/mol. The van der Waals surface area contributed by atoms with E-state index in [-0.39, 0.29) is 5.96 Å². The molecule has 1 aliphatic rings. The zero-order valence-electron chi connectivity index (χ0n) is 10.1. The van der Waals surface area contributed by atoms with Crippen LogP contribution < -0.4 is 11.5 Å². The third kappa shape index (κ3) is 3.37. The van der Waals surface area contributed by atoms with Crippen molar-refractivity contribution in [2.45, 2.75) is 25.8 Å². The van der Waals surface area contributed by atoms with Crippen molar-refractivity contribution < 1.29 is 0 Å². The number of piperidine rings is 1. The van der Waals surface area contributed by atoms with Gasteiger partial charge in [0, 0.05) is 26.2 Å². The first kappa shape index (κ1) is 12.8. The molecule has 1 fully saturated rings. The van der Waals surface area contributed by atoms with Gasteiger partial charge in [0.2, 0.25) is 5.96 Å². The van der Waals surface area contributed by atoms with E-state index >= 15 is 0 Å². The minimum atomic E-state index is -0.240. The topological polar surface area (TPSA) is 94.7 Å². The van der Waals surface area contributed by atoms with Crippen LogP contribution in [0.1, 0.15) is 19.8 Å². The number of rotatable bonds is 2. The highest BCUT2D eigenvalue weighted by Gasteiger charge is 2.22. The average Bonchev–Trinajstić information content (AvgIpc) is 2.27. The number of nitrogens with two attached hydrogens (primary N) is 2. The van der Waals surface area contributed by atoms with E-state index in [1.165, 1.54) is 0 Å². The number of nitrogens with zero attached hydrogens (tertiary/aromatic N) is 3. The number of aliphatic imine (C=N–C) groups is 1. The highest BCUT2D eigenvalue weighted by molar-refractivity contribution is 5.91. The highest BCUT2D eigenvalue weighted by Crippen LogP contribution is 2.14. The molecule has 0 aromatic heterocycles. The third-order valence-electron chi connectivity index (χ3n) is 3.15. The molecule has 0 saturated carbocycles. The van der Waals surface area contributed by atoms with E-state index in [9.17, 15) is 0 Å². The number of guanidine groups is 2. The molecule has 0 spiro atoms. The van der Waals surface area contributed by atoms with Crippen molar-refractivity contribution in [3.05, 3.63) is 0 Å². The van der Waals surface area contributed by atoms with Gasteiger partial charge in [0.1, 0.15) is 0 Å². The summed E-state index contributed by atoms with van der Waals surface area (Å²) in [6.07, 6.45) is 2.16. The molecule has 92 valence electrons. The Labute approximate surface area is 96.8 Å². The van der Waals surface area contributed by atoms with Crippen LogP contribution in [0.25, 0.3) is 0 Å². The Kier molecular flexibility index (Phi) is 4.54. The first-order valence-electron chi connectivity index (χ1n) is 5.68. The summed E-state index contributed by atoms with van der Waals surface area (Å²) in [5, 5.41) is 7.07. The lowest BCUT2D eigenvalue weighted by molar-refractivity contribution is 0.171. The lowest BCUT2D eigenvalue weighted by atomic mass is 10.0. The second-order valence-corrected chi connectivity index (χ2v) is 4.13. The summed E-state index contributed by atoms with van der Waals surface area (Å²) in [7, 11) is 1.91. The lowest BCUT2D eigenvalue weighted by Crippen LogP contribution is -2.48. The van der Waals surface area contributed by atoms with Crippen LogP contribution >= 0.6 is 0 Å². The van der Waals surface area contributed by atoms with E-state index in [4.69, 9.17) is 16.9 Å². The first-order chi connectivity index (χ1) is 7.54. The van der Waals surface area contributed by atoms with Crippen molar-refractivity contribution in [1.29, 1.82) is 5.41 Å². The zero-order chi connectivity index (χ0) is 12.1. The summed E-state index contributed by atoms with van der Waals surface area (Å²) >= 11 is 0. The summed E-state index contributed by atoms with van der Waals surface area (Å²) in [6.45, 7) is 5.47. The van der Waals surface area contributed by atoms with E-state index in [2.05, 4.69) is 16.8 Å². The average molecular weight is 226 g/mol. The molecule has 1 heterocycles. The number of likely N-dealkylation sites (tertiary alicyclic amines) is 1. The fourth-order valence-corrected chi connectivity index (χ4v) is 2.01. The van der Waals surface area contributed by atoms with Gasteiger partial charge in [-0.25, -0.2) is 0 Å². The van der Waals surface area contributed by atoms with Gasteiger partial charge in [0.05, 0.1) is 0 Å². The van der Waals surface area contributed by atoms with Crippen LogP contribution in [0.4, 0.5) is 0 Å². The minimum Gasteiger partial charge on any atom is -0.369 e. The van der Waals surface area contributed by atoms with Gasteiger partial charge < -0.3 is 21.3 Å². The van der Waals surface area contributed by atoms with Crippen molar-refractivity contribution in [3.8, 4) is 0 Å². The van der Waals surface area contributed by atoms with Gasteiger partial charge in [0.25, 0.3) is 0 Å². The molecule has 0 unspecified atom stereocenters. The molecule has 0 radical (unpaired) electrons. The number of hydrogen-bond donors (Lipinski definition) is 3. The van der Waals surface area contributed by atoms with Crippen molar-refractivity contribution >= 4 is 11.9 Å². The van der Waals surface area contributed by atoms with Gasteiger partial charge in [0.15, 0.2) is 5.96 Å². The molecule has 0 bridgehead atoms. The Morgan fingerprint density at radius 2 is 2.00 bits per heavy atom. The van der Waals surface area contributed by atoms with Crippen LogP contribution in [-0.4, -0.2) is 54.4 Å². The zero-order valence-corrected chi connectivity index (χ0v) is 10.1. The number of hydrogen-bond acceptors (Lipinski definition) is 2. The molecule has 0 atom stereocenters. The molecule has 0 aromatic rings. The largest absolute Gasteiger partial charge is 0.369 e. The molecule has 1 rings (SSSR count). The van der Waals surface area contributed by atoms with Crippen molar-refractivity contribution in [2.75, 3.05) is 26.7 Å². The molecule has 1 aliphatic heterocycles. The maximum atomic E-state index is 7.07. The molecule has 5 N–H and O–H groups in total. The van der Waals surface area contributed by atoms with Crippen LogP contribution in [0.3, 0.4) is 0 Å². The predicted octanol–water partition coefficient (Wildman–Crippen LogP) is -0.389. The molecule has 0 aromatic carbocycles. The van der Waals surface area contributed by atoms with Gasteiger partial charge in [-0.3, -0.25) is 5.41 Å². The third-order valence-corrected chi connectivity index (χ3v) is 3.15. The maximum Gasteiger partial charge on any atom is 0.215 e. The Morgan fingerprint density at radius 3 is 2.44 bits per heavy atom. The Morgan fingerprint density at radius 1 is 1.44 bits per heavy atom. The molecule has 1 saturated heterocycles. The fourth-order valence-electron chi connectivity index (χ4n) is 2.01.